The van der Waals surface area contributed by atoms with Crippen LogP contribution in [0.25, 0.3) is 0 Å². The maximum absolute atomic E-state index is 12.0. The SMILES string of the molecule is COC(=O)[C@@]1(NC(C)=O)CC[C@H]1OC1CCCCC1. The highest BCUT2D eigenvalue weighted by Crippen LogP contribution is 2.38. The van der Waals surface area contributed by atoms with Crippen molar-refractivity contribution in [1.82, 2.24) is 5.32 Å². The smallest absolute Gasteiger partial charge is 0.334 e. The number of nitrogens with one attached hydrogen (secondary N) is 1. The standard InChI is InChI=1S/C14H23NO4/c1-10(16)15-14(13(17)18-2)9-8-12(14)19-11-6-4-3-5-7-11/h11-12H,3-9H2,1-2H3,(H,15,16)/t12-,14-/m1/s1. The lowest BCUT2D eigenvalue weighted by Gasteiger charge is -2.48. The summed E-state index contributed by atoms with van der Waals surface area (Å²) in [5, 5.41) is 2.74. The molecular formula is C14H23NO4. The van der Waals surface area contributed by atoms with E-state index in [4.69, 9.17) is 9.47 Å². The molecule has 0 saturated heterocycles. The maximum atomic E-state index is 12.0. The van der Waals surface area contributed by atoms with Gasteiger partial charge >= 0.3 is 5.97 Å². The topological polar surface area (TPSA) is 64.6 Å². The van der Waals surface area contributed by atoms with Crippen molar-refractivity contribution in [3.05, 3.63) is 0 Å². The lowest BCUT2D eigenvalue weighted by molar-refractivity contribution is -0.178. The minimum atomic E-state index is -0.960. The number of rotatable bonds is 4. The van der Waals surface area contributed by atoms with Crippen LogP contribution in [0.4, 0.5) is 0 Å². The third kappa shape index (κ3) is 2.91. The molecule has 108 valence electrons. The van der Waals surface area contributed by atoms with Crippen LogP contribution in [0.5, 0.6) is 0 Å². The number of carbonyl (C=O) groups is 2. The summed E-state index contributed by atoms with van der Waals surface area (Å²) in [4.78, 5) is 23.3. The van der Waals surface area contributed by atoms with Crippen molar-refractivity contribution in [1.29, 1.82) is 0 Å². The van der Waals surface area contributed by atoms with E-state index < -0.39 is 11.5 Å². The van der Waals surface area contributed by atoms with Gasteiger partial charge in [0.25, 0.3) is 0 Å². The lowest BCUT2D eigenvalue weighted by Crippen LogP contribution is -2.69. The molecule has 0 heterocycles. The van der Waals surface area contributed by atoms with Gasteiger partial charge in [0.15, 0.2) is 5.54 Å². The molecule has 19 heavy (non-hydrogen) atoms. The van der Waals surface area contributed by atoms with Gasteiger partial charge in [-0.2, -0.15) is 0 Å². The monoisotopic (exact) mass is 269 g/mol. The fourth-order valence-corrected chi connectivity index (χ4v) is 3.09. The molecule has 2 saturated carbocycles. The Balaban J connectivity index is 2.02. The Morgan fingerprint density at radius 1 is 1.16 bits per heavy atom. The van der Waals surface area contributed by atoms with E-state index in [0.29, 0.717) is 6.42 Å². The Hall–Kier alpha value is -1.10. The lowest BCUT2D eigenvalue weighted by atomic mass is 9.73. The second-order valence-electron chi connectivity index (χ2n) is 5.57. The molecule has 0 bridgehead atoms. The zero-order chi connectivity index (χ0) is 13.9. The predicted octanol–water partition coefficient (Wildman–Crippen LogP) is 1.55. The fraction of sp³-hybridized carbons (Fsp3) is 0.857. The van der Waals surface area contributed by atoms with Crippen LogP contribution in [-0.2, 0) is 19.1 Å². The van der Waals surface area contributed by atoms with Crippen molar-refractivity contribution in [3.63, 3.8) is 0 Å². The van der Waals surface area contributed by atoms with Crippen molar-refractivity contribution >= 4 is 11.9 Å². The summed E-state index contributed by atoms with van der Waals surface area (Å²) < 4.78 is 10.9. The summed E-state index contributed by atoms with van der Waals surface area (Å²) in [7, 11) is 1.35. The molecule has 2 aliphatic carbocycles. The van der Waals surface area contributed by atoms with Crippen LogP contribution in [-0.4, -0.2) is 36.7 Å². The van der Waals surface area contributed by atoms with E-state index in [9.17, 15) is 9.59 Å². The third-order valence-electron chi connectivity index (χ3n) is 4.21. The first-order chi connectivity index (χ1) is 9.08. The first kappa shape index (κ1) is 14.3. The maximum Gasteiger partial charge on any atom is 0.334 e. The largest absolute Gasteiger partial charge is 0.467 e. The normalized spacial score (nSPS) is 31.4. The number of esters is 1. The summed E-state index contributed by atoms with van der Waals surface area (Å²) in [6.07, 6.45) is 7.09. The number of hydrogen-bond acceptors (Lipinski definition) is 4. The van der Waals surface area contributed by atoms with Gasteiger partial charge < -0.3 is 14.8 Å². The molecular weight excluding hydrogens is 246 g/mol. The molecule has 0 unspecified atom stereocenters. The first-order valence-corrected chi connectivity index (χ1v) is 7.11. The van der Waals surface area contributed by atoms with Crippen LogP contribution in [0.3, 0.4) is 0 Å². The van der Waals surface area contributed by atoms with Gasteiger partial charge in [-0.15, -0.1) is 0 Å². The van der Waals surface area contributed by atoms with E-state index in [1.807, 2.05) is 0 Å². The van der Waals surface area contributed by atoms with Gasteiger partial charge in [-0.1, -0.05) is 19.3 Å². The predicted molar refractivity (Wildman–Crippen MR) is 69.5 cm³/mol. The van der Waals surface area contributed by atoms with E-state index in [2.05, 4.69) is 5.32 Å². The highest BCUT2D eigenvalue weighted by molar-refractivity contribution is 5.89. The van der Waals surface area contributed by atoms with E-state index in [1.165, 1.54) is 33.3 Å². The minimum absolute atomic E-state index is 0.219. The number of methoxy groups -OCH3 is 1. The van der Waals surface area contributed by atoms with Crippen LogP contribution in [0.15, 0.2) is 0 Å². The van der Waals surface area contributed by atoms with E-state index in [-0.39, 0.29) is 18.1 Å². The average molecular weight is 269 g/mol. The Kier molecular flexibility index (Phi) is 4.45. The molecule has 0 aliphatic heterocycles. The van der Waals surface area contributed by atoms with Gasteiger partial charge in [0.2, 0.25) is 5.91 Å². The van der Waals surface area contributed by atoms with E-state index >= 15 is 0 Å². The van der Waals surface area contributed by atoms with Crippen molar-refractivity contribution < 1.29 is 19.1 Å². The van der Waals surface area contributed by atoms with Crippen LogP contribution < -0.4 is 5.32 Å². The molecule has 0 aromatic carbocycles. The summed E-state index contributed by atoms with van der Waals surface area (Å²) in [5.74, 6) is -0.614. The second-order valence-corrected chi connectivity index (χ2v) is 5.57. The summed E-state index contributed by atoms with van der Waals surface area (Å²) in [5.41, 5.74) is -0.960. The molecule has 2 fully saturated rings. The molecule has 2 atom stereocenters. The molecule has 0 spiro atoms. The zero-order valence-corrected chi connectivity index (χ0v) is 11.7. The quantitative estimate of drug-likeness (QED) is 0.786. The molecule has 2 rings (SSSR count). The van der Waals surface area contributed by atoms with Crippen molar-refractivity contribution in [2.24, 2.45) is 0 Å². The number of ether oxygens (including phenoxy) is 2. The highest BCUT2D eigenvalue weighted by atomic mass is 16.5. The zero-order valence-electron chi connectivity index (χ0n) is 11.7. The Morgan fingerprint density at radius 2 is 1.84 bits per heavy atom. The molecule has 5 nitrogen and oxygen atoms in total. The van der Waals surface area contributed by atoms with Crippen LogP contribution in [0.2, 0.25) is 0 Å². The molecule has 5 heteroatoms. The Morgan fingerprint density at radius 3 is 2.32 bits per heavy atom. The second kappa shape index (κ2) is 5.90. The number of carbonyl (C=O) groups excluding carboxylic acids is 2. The molecule has 1 N–H and O–H groups in total. The van der Waals surface area contributed by atoms with Gasteiger partial charge in [-0.25, -0.2) is 4.79 Å². The van der Waals surface area contributed by atoms with Gasteiger partial charge in [-0.05, 0) is 25.7 Å². The van der Waals surface area contributed by atoms with E-state index in [0.717, 1.165) is 19.3 Å². The van der Waals surface area contributed by atoms with Gasteiger partial charge in [0.05, 0.1) is 19.3 Å². The third-order valence-corrected chi connectivity index (χ3v) is 4.21. The Labute approximate surface area is 114 Å². The van der Waals surface area contributed by atoms with Crippen LogP contribution >= 0.6 is 0 Å². The van der Waals surface area contributed by atoms with Crippen molar-refractivity contribution in [2.45, 2.75) is 69.6 Å². The molecule has 0 radical (unpaired) electrons. The molecule has 2 aliphatic rings. The van der Waals surface area contributed by atoms with Gasteiger partial charge in [-0.3, -0.25) is 4.79 Å². The van der Waals surface area contributed by atoms with Crippen molar-refractivity contribution in [3.8, 4) is 0 Å². The van der Waals surface area contributed by atoms with E-state index in [1.54, 1.807) is 0 Å². The van der Waals surface area contributed by atoms with Crippen LogP contribution in [0.1, 0.15) is 51.9 Å². The summed E-state index contributed by atoms with van der Waals surface area (Å²) in [6.45, 7) is 1.42. The van der Waals surface area contributed by atoms with Gasteiger partial charge in [0.1, 0.15) is 0 Å². The fourth-order valence-electron chi connectivity index (χ4n) is 3.09. The number of hydrogen-bond donors (Lipinski definition) is 1. The average Bonchev–Trinajstić information content (AvgIpc) is 2.41. The molecule has 0 aromatic heterocycles. The minimum Gasteiger partial charge on any atom is -0.467 e. The molecule has 1 amide bonds. The first-order valence-electron chi connectivity index (χ1n) is 7.11. The highest BCUT2D eigenvalue weighted by Gasteiger charge is 2.56. The Bertz CT molecular complexity index is 351. The number of amides is 1. The summed E-state index contributed by atoms with van der Waals surface area (Å²) >= 11 is 0. The summed E-state index contributed by atoms with van der Waals surface area (Å²) in [6, 6.07) is 0. The van der Waals surface area contributed by atoms with Crippen LogP contribution in [0, 0.1) is 0 Å². The van der Waals surface area contributed by atoms with Crippen molar-refractivity contribution in [2.75, 3.05) is 7.11 Å². The molecule has 0 aromatic rings. The van der Waals surface area contributed by atoms with Gasteiger partial charge in [0, 0.05) is 6.92 Å².